The fourth-order valence-electron chi connectivity index (χ4n) is 3.42. The molecule has 0 atom stereocenters. The van der Waals surface area contributed by atoms with Crippen molar-refractivity contribution in [3.63, 3.8) is 0 Å². The first kappa shape index (κ1) is 12.9. The van der Waals surface area contributed by atoms with Gasteiger partial charge in [-0.05, 0) is 63.2 Å². The van der Waals surface area contributed by atoms with Crippen molar-refractivity contribution in [2.45, 2.75) is 57.4 Å². The maximum Gasteiger partial charge on any atom is 0.306 e. The number of nitrogens with one attached hydrogen (secondary N) is 1. The van der Waals surface area contributed by atoms with Crippen molar-refractivity contribution in [3.8, 4) is 0 Å². The molecule has 0 aromatic carbocycles. The topological polar surface area (TPSA) is 66.4 Å². The molecule has 0 radical (unpaired) electrons. The van der Waals surface area contributed by atoms with Crippen LogP contribution >= 0.6 is 0 Å². The lowest BCUT2D eigenvalue weighted by atomic mass is 9.81. The molecule has 19 heavy (non-hydrogen) atoms. The van der Waals surface area contributed by atoms with Gasteiger partial charge in [-0.3, -0.25) is 9.59 Å². The van der Waals surface area contributed by atoms with Gasteiger partial charge in [0.2, 0.25) is 5.91 Å². The van der Waals surface area contributed by atoms with E-state index in [1.807, 2.05) is 0 Å². The van der Waals surface area contributed by atoms with Crippen molar-refractivity contribution >= 4 is 11.9 Å². The highest BCUT2D eigenvalue weighted by molar-refractivity contribution is 5.79. The molecule has 3 rings (SSSR count). The zero-order chi connectivity index (χ0) is 13.4. The Hall–Kier alpha value is -1.06. The van der Waals surface area contributed by atoms with Crippen LogP contribution in [0.25, 0.3) is 0 Å². The van der Waals surface area contributed by atoms with Crippen LogP contribution < -0.4 is 5.32 Å². The van der Waals surface area contributed by atoms with Gasteiger partial charge in [0.1, 0.15) is 0 Å². The van der Waals surface area contributed by atoms with Gasteiger partial charge in [-0.1, -0.05) is 0 Å². The van der Waals surface area contributed by atoms with Crippen LogP contribution in [0, 0.1) is 23.7 Å². The molecule has 3 aliphatic carbocycles. The average molecular weight is 265 g/mol. The van der Waals surface area contributed by atoms with E-state index in [2.05, 4.69) is 5.32 Å². The van der Waals surface area contributed by atoms with E-state index < -0.39 is 5.97 Å². The Morgan fingerprint density at radius 2 is 1.32 bits per heavy atom. The monoisotopic (exact) mass is 265 g/mol. The summed E-state index contributed by atoms with van der Waals surface area (Å²) in [7, 11) is 0. The molecule has 0 saturated heterocycles. The summed E-state index contributed by atoms with van der Waals surface area (Å²) in [4.78, 5) is 23.2. The fraction of sp³-hybridized carbons (Fsp3) is 0.867. The third kappa shape index (κ3) is 3.10. The normalized spacial score (nSPS) is 31.2. The van der Waals surface area contributed by atoms with Gasteiger partial charge in [0.25, 0.3) is 0 Å². The van der Waals surface area contributed by atoms with Crippen LogP contribution in [-0.2, 0) is 9.59 Å². The SMILES string of the molecule is O=C(O)C1CCC(C(=O)NC(C2CC2)C2CC2)CC1. The maximum atomic E-state index is 12.3. The molecule has 106 valence electrons. The highest BCUT2D eigenvalue weighted by atomic mass is 16.4. The van der Waals surface area contributed by atoms with Crippen molar-refractivity contribution in [2.75, 3.05) is 0 Å². The Morgan fingerprint density at radius 1 is 0.842 bits per heavy atom. The number of carbonyl (C=O) groups is 2. The molecule has 1 amide bonds. The van der Waals surface area contributed by atoms with Crippen molar-refractivity contribution < 1.29 is 14.7 Å². The largest absolute Gasteiger partial charge is 0.481 e. The van der Waals surface area contributed by atoms with Crippen LogP contribution in [0.3, 0.4) is 0 Å². The summed E-state index contributed by atoms with van der Waals surface area (Å²) in [5.74, 6) is 0.765. The lowest BCUT2D eigenvalue weighted by Gasteiger charge is -2.27. The number of aliphatic carboxylic acids is 1. The first-order valence-electron chi connectivity index (χ1n) is 7.68. The predicted octanol–water partition coefficient (Wildman–Crippen LogP) is 2.18. The molecule has 0 heterocycles. The van der Waals surface area contributed by atoms with E-state index >= 15 is 0 Å². The standard InChI is InChI=1S/C15H23NO3/c17-14(11-5-7-12(8-6-11)15(18)19)16-13(9-1-2-9)10-3-4-10/h9-13H,1-8H2,(H,16,17)(H,18,19). The smallest absolute Gasteiger partial charge is 0.306 e. The molecule has 3 saturated carbocycles. The second kappa shape index (κ2) is 5.14. The van der Waals surface area contributed by atoms with Crippen molar-refractivity contribution in [1.29, 1.82) is 0 Å². The average Bonchev–Trinajstić information content (AvgIpc) is 3.29. The third-order valence-corrected chi connectivity index (χ3v) is 5.02. The van der Waals surface area contributed by atoms with Crippen molar-refractivity contribution in [3.05, 3.63) is 0 Å². The van der Waals surface area contributed by atoms with Crippen LogP contribution in [0.5, 0.6) is 0 Å². The molecule has 3 fully saturated rings. The van der Waals surface area contributed by atoms with Crippen LogP contribution in [-0.4, -0.2) is 23.0 Å². The number of rotatable bonds is 5. The third-order valence-electron chi connectivity index (χ3n) is 5.02. The fourth-order valence-corrected chi connectivity index (χ4v) is 3.42. The quantitative estimate of drug-likeness (QED) is 0.800. The van der Waals surface area contributed by atoms with E-state index in [-0.39, 0.29) is 17.7 Å². The number of amides is 1. The summed E-state index contributed by atoms with van der Waals surface area (Å²) >= 11 is 0. The van der Waals surface area contributed by atoms with Crippen LogP contribution in [0.1, 0.15) is 51.4 Å². The van der Waals surface area contributed by atoms with Gasteiger partial charge in [-0.15, -0.1) is 0 Å². The lowest BCUT2D eigenvalue weighted by Crippen LogP contribution is -2.42. The number of carboxylic acids is 1. The summed E-state index contributed by atoms with van der Waals surface area (Å²) in [6.45, 7) is 0. The summed E-state index contributed by atoms with van der Waals surface area (Å²) < 4.78 is 0. The molecule has 2 N–H and O–H groups in total. The number of carboxylic acid groups (broad SMARTS) is 1. The summed E-state index contributed by atoms with van der Waals surface area (Å²) in [5.41, 5.74) is 0. The van der Waals surface area contributed by atoms with E-state index in [1.54, 1.807) is 0 Å². The van der Waals surface area contributed by atoms with Gasteiger partial charge < -0.3 is 10.4 Å². The minimum atomic E-state index is -0.701. The summed E-state index contributed by atoms with van der Waals surface area (Å²) in [6.07, 6.45) is 7.88. The van der Waals surface area contributed by atoms with Crippen LogP contribution in [0.15, 0.2) is 0 Å². The van der Waals surface area contributed by atoms with Gasteiger partial charge in [0.05, 0.1) is 5.92 Å². The molecule has 4 heteroatoms. The van der Waals surface area contributed by atoms with Crippen molar-refractivity contribution in [1.82, 2.24) is 5.32 Å². The van der Waals surface area contributed by atoms with Crippen LogP contribution in [0.4, 0.5) is 0 Å². The Morgan fingerprint density at radius 3 is 1.74 bits per heavy atom. The molecule has 0 aromatic heterocycles. The first-order valence-corrected chi connectivity index (χ1v) is 7.68. The second-order valence-corrected chi connectivity index (χ2v) is 6.60. The first-order chi connectivity index (χ1) is 9.15. The molecular formula is C15H23NO3. The Labute approximate surface area is 113 Å². The van der Waals surface area contributed by atoms with Gasteiger partial charge in [-0.25, -0.2) is 0 Å². The number of hydrogen-bond acceptors (Lipinski definition) is 2. The minimum absolute atomic E-state index is 0.0515. The van der Waals surface area contributed by atoms with Crippen LogP contribution in [0.2, 0.25) is 0 Å². The molecule has 0 aromatic rings. The van der Waals surface area contributed by atoms with E-state index in [0.29, 0.717) is 18.9 Å². The zero-order valence-electron chi connectivity index (χ0n) is 11.3. The lowest BCUT2D eigenvalue weighted by molar-refractivity contribution is -0.144. The molecule has 4 nitrogen and oxygen atoms in total. The molecule has 0 unspecified atom stereocenters. The highest BCUT2D eigenvalue weighted by Gasteiger charge is 2.43. The van der Waals surface area contributed by atoms with E-state index in [9.17, 15) is 9.59 Å². The second-order valence-electron chi connectivity index (χ2n) is 6.60. The van der Waals surface area contributed by atoms with Gasteiger partial charge in [0, 0.05) is 12.0 Å². The van der Waals surface area contributed by atoms with E-state index in [0.717, 1.165) is 24.7 Å². The predicted molar refractivity (Wildman–Crippen MR) is 70.5 cm³/mol. The minimum Gasteiger partial charge on any atom is -0.481 e. The maximum absolute atomic E-state index is 12.3. The van der Waals surface area contributed by atoms with Gasteiger partial charge in [0.15, 0.2) is 0 Å². The van der Waals surface area contributed by atoms with Gasteiger partial charge >= 0.3 is 5.97 Å². The summed E-state index contributed by atoms with van der Waals surface area (Å²) in [5, 5.41) is 12.2. The highest BCUT2D eigenvalue weighted by Crippen LogP contribution is 2.44. The Bertz CT molecular complexity index is 354. The van der Waals surface area contributed by atoms with E-state index in [1.165, 1.54) is 25.7 Å². The molecular weight excluding hydrogens is 242 g/mol. The van der Waals surface area contributed by atoms with Gasteiger partial charge in [-0.2, -0.15) is 0 Å². The zero-order valence-corrected chi connectivity index (χ0v) is 11.3. The molecule has 0 spiro atoms. The molecule has 0 bridgehead atoms. The Kier molecular flexibility index (Phi) is 3.50. The molecule has 0 aliphatic heterocycles. The van der Waals surface area contributed by atoms with E-state index in [4.69, 9.17) is 5.11 Å². The Balaban J connectivity index is 1.49. The number of carbonyl (C=O) groups excluding carboxylic acids is 1. The number of hydrogen-bond donors (Lipinski definition) is 2. The summed E-state index contributed by atoms with van der Waals surface area (Å²) in [6, 6.07) is 0.421. The molecule has 3 aliphatic rings. The van der Waals surface area contributed by atoms with Crippen molar-refractivity contribution in [2.24, 2.45) is 23.7 Å².